The molecule has 2 fully saturated rings. The molecule has 0 unspecified atom stereocenters. The Morgan fingerprint density at radius 3 is 2.43 bits per heavy atom. The molecule has 2 aliphatic rings. The van der Waals surface area contributed by atoms with Crippen LogP contribution in [0.4, 0.5) is 5.69 Å². The first-order chi connectivity index (χ1) is 14.4. The van der Waals surface area contributed by atoms with Crippen LogP contribution < -0.4 is 5.32 Å². The van der Waals surface area contributed by atoms with Crippen LogP contribution in [0.15, 0.2) is 53.4 Å². The zero-order chi connectivity index (χ0) is 21.1. The highest BCUT2D eigenvalue weighted by Gasteiger charge is 2.28. The number of likely N-dealkylation sites (N-methyl/N-ethyl adjacent to an activating group) is 1. The van der Waals surface area contributed by atoms with Gasteiger partial charge in [-0.1, -0.05) is 18.2 Å². The number of benzene rings is 2. The molecule has 0 atom stereocenters. The van der Waals surface area contributed by atoms with Crippen molar-refractivity contribution < 1.29 is 13.2 Å². The molecule has 0 aromatic heterocycles. The Kier molecular flexibility index (Phi) is 6.74. The number of sulfonamides is 1. The third kappa shape index (κ3) is 4.86. The second-order valence-corrected chi connectivity index (χ2v) is 12.1. The molecule has 1 amide bonds. The number of carbonyl (C=O) groups is 1. The number of anilines is 1. The molecule has 1 N–H and O–H groups in total. The van der Waals surface area contributed by atoms with Crippen LogP contribution in [0.5, 0.6) is 0 Å². The Morgan fingerprint density at radius 2 is 1.70 bits per heavy atom. The summed E-state index contributed by atoms with van der Waals surface area (Å²) >= 11 is 3.83. The molecule has 9 heteroatoms. The van der Waals surface area contributed by atoms with Gasteiger partial charge < -0.3 is 10.2 Å². The van der Waals surface area contributed by atoms with Crippen LogP contribution in [0.25, 0.3) is 0 Å². The first-order valence-corrected chi connectivity index (χ1v) is 13.4. The maximum atomic E-state index is 13.0. The van der Waals surface area contributed by atoms with Gasteiger partial charge in [-0.25, -0.2) is 8.42 Å². The standard InChI is InChI=1S/C21H25N3O3S3/c1-23-8-10-24(11-9-23)30(26,27)19-7-3-4-16(15-19)20(25)22-18-6-2-5-17(14-18)21-28-12-13-29-21/h2-7,14-15,21H,8-13H2,1H3,(H,22,25). The second kappa shape index (κ2) is 9.32. The van der Waals surface area contributed by atoms with Gasteiger partial charge in [0, 0.05) is 48.9 Å². The fourth-order valence-corrected chi connectivity index (χ4v) is 7.80. The van der Waals surface area contributed by atoms with Gasteiger partial charge in [0.05, 0.1) is 9.48 Å². The molecule has 0 saturated carbocycles. The molecule has 6 nitrogen and oxygen atoms in total. The summed E-state index contributed by atoms with van der Waals surface area (Å²) in [5, 5.41) is 2.91. The highest BCUT2D eigenvalue weighted by molar-refractivity contribution is 8.19. The van der Waals surface area contributed by atoms with Gasteiger partial charge in [-0.3, -0.25) is 4.79 Å². The number of piperazine rings is 1. The smallest absolute Gasteiger partial charge is 0.255 e. The Balaban J connectivity index is 1.50. The molecule has 160 valence electrons. The van der Waals surface area contributed by atoms with E-state index in [-0.39, 0.29) is 10.8 Å². The Bertz CT molecular complexity index is 1010. The quantitative estimate of drug-likeness (QED) is 0.733. The Labute approximate surface area is 186 Å². The highest BCUT2D eigenvalue weighted by atomic mass is 32.2. The second-order valence-electron chi connectivity index (χ2n) is 7.39. The van der Waals surface area contributed by atoms with E-state index in [1.165, 1.54) is 15.9 Å². The van der Waals surface area contributed by atoms with E-state index in [4.69, 9.17) is 0 Å². The molecular weight excluding hydrogens is 438 g/mol. The molecule has 2 heterocycles. The average molecular weight is 464 g/mol. The van der Waals surface area contributed by atoms with Gasteiger partial charge in [0.1, 0.15) is 0 Å². The van der Waals surface area contributed by atoms with Crippen molar-refractivity contribution in [1.82, 2.24) is 9.21 Å². The van der Waals surface area contributed by atoms with Crippen molar-refractivity contribution >= 4 is 45.1 Å². The van der Waals surface area contributed by atoms with Crippen LogP contribution in [-0.4, -0.2) is 68.3 Å². The third-order valence-corrected chi connectivity index (χ3v) is 10.2. The lowest BCUT2D eigenvalue weighted by Crippen LogP contribution is -2.47. The van der Waals surface area contributed by atoms with Crippen LogP contribution in [0, 0.1) is 0 Å². The van der Waals surface area contributed by atoms with Crippen LogP contribution in [0.1, 0.15) is 20.5 Å². The van der Waals surface area contributed by atoms with Gasteiger partial charge >= 0.3 is 0 Å². The van der Waals surface area contributed by atoms with Gasteiger partial charge in [-0.15, -0.1) is 23.5 Å². The summed E-state index contributed by atoms with van der Waals surface area (Å²) in [6.45, 7) is 2.32. The van der Waals surface area contributed by atoms with Crippen molar-refractivity contribution in [3.8, 4) is 0 Å². The fourth-order valence-electron chi connectivity index (χ4n) is 3.49. The SMILES string of the molecule is CN1CCN(S(=O)(=O)c2cccc(C(=O)Nc3cccc(C4SCCS4)c3)c2)CC1. The Morgan fingerprint density at radius 1 is 1.00 bits per heavy atom. The maximum Gasteiger partial charge on any atom is 0.255 e. The molecule has 0 spiro atoms. The van der Waals surface area contributed by atoms with Gasteiger partial charge in [0.25, 0.3) is 5.91 Å². The molecule has 2 saturated heterocycles. The number of rotatable bonds is 5. The van der Waals surface area contributed by atoms with E-state index < -0.39 is 10.0 Å². The first-order valence-electron chi connectivity index (χ1n) is 9.87. The lowest BCUT2D eigenvalue weighted by Gasteiger charge is -2.31. The number of carbonyl (C=O) groups excluding carboxylic acids is 1. The van der Waals surface area contributed by atoms with E-state index in [2.05, 4.69) is 16.3 Å². The molecule has 0 aliphatic carbocycles. The van der Waals surface area contributed by atoms with Crippen LogP contribution in [-0.2, 0) is 10.0 Å². The molecule has 4 rings (SSSR count). The van der Waals surface area contributed by atoms with Crippen LogP contribution >= 0.6 is 23.5 Å². The summed E-state index contributed by atoms with van der Waals surface area (Å²) < 4.78 is 27.9. The summed E-state index contributed by atoms with van der Waals surface area (Å²) in [6, 6.07) is 14.2. The predicted molar refractivity (Wildman–Crippen MR) is 125 cm³/mol. The topological polar surface area (TPSA) is 69.7 Å². The molecule has 30 heavy (non-hydrogen) atoms. The number of nitrogens with one attached hydrogen (secondary N) is 1. The van der Waals surface area contributed by atoms with Gasteiger partial charge in [0.2, 0.25) is 10.0 Å². The fraction of sp³-hybridized carbons (Fsp3) is 0.381. The van der Waals surface area contributed by atoms with E-state index in [1.807, 2.05) is 48.8 Å². The number of hydrogen-bond donors (Lipinski definition) is 1. The van der Waals surface area contributed by atoms with Crippen molar-refractivity contribution in [1.29, 1.82) is 0 Å². The zero-order valence-electron chi connectivity index (χ0n) is 16.8. The summed E-state index contributed by atoms with van der Waals surface area (Å²) in [5.74, 6) is 1.97. The van der Waals surface area contributed by atoms with E-state index in [1.54, 1.807) is 18.2 Å². The lowest BCUT2D eigenvalue weighted by molar-refractivity contribution is 0.102. The zero-order valence-corrected chi connectivity index (χ0v) is 19.2. The third-order valence-electron chi connectivity index (χ3n) is 5.23. The van der Waals surface area contributed by atoms with Crippen molar-refractivity contribution in [3.05, 3.63) is 59.7 Å². The van der Waals surface area contributed by atoms with Gasteiger partial charge in [-0.05, 0) is 42.9 Å². The van der Waals surface area contributed by atoms with E-state index in [0.29, 0.717) is 36.3 Å². The minimum atomic E-state index is -3.61. The number of hydrogen-bond acceptors (Lipinski definition) is 6. The minimum absolute atomic E-state index is 0.159. The van der Waals surface area contributed by atoms with Gasteiger partial charge in [-0.2, -0.15) is 4.31 Å². The molecule has 2 aromatic rings. The summed E-state index contributed by atoms with van der Waals surface area (Å²) in [6.07, 6.45) is 0. The average Bonchev–Trinajstić information content (AvgIpc) is 3.29. The number of thioether (sulfide) groups is 2. The molecular formula is C21H25N3O3S3. The van der Waals surface area contributed by atoms with Crippen molar-refractivity contribution in [3.63, 3.8) is 0 Å². The predicted octanol–water partition coefficient (Wildman–Crippen LogP) is 3.35. The normalized spacial score (nSPS) is 19.1. The number of nitrogens with zero attached hydrogens (tertiary/aromatic N) is 2. The lowest BCUT2D eigenvalue weighted by atomic mass is 10.2. The highest BCUT2D eigenvalue weighted by Crippen LogP contribution is 2.45. The number of amides is 1. The van der Waals surface area contributed by atoms with Crippen LogP contribution in [0.3, 0.4) is 0 Å². The largest absolute Gasteiger partial charge is 0.322 e. The summed E-state index contributed by atoms with van der Waals surface area (Å²) in [7, 11) is -1.63. The van der Waals surface area contributed by atoms with Crippen LogP contribution in [0.2, 0.25) is 0 Å². The maximum absolute atomic E-state index is 13.0. The summed E-state index contributed by atoms with van der Waals surface area (Å²) in [5.41, 5.74) is 2.24. The van der Waals surface area contributed by atoms with E-state index in [9.17, 15) is 13.2 Å². The monoisotopic (exact) mass is 463 g/mol. The van der Waals surface area contributed by atoms with E-state index >= 15 is 0 Å². The molecule has 0 radical (unpaired) electrons. The van der Waals surface area contributed by atoms with E-state index in [0.717, 1.165) is 17.2 Å². The first kappa shape index (κ1) is 21.7. The molecule has 2 aromatic carbocycles. The Hall–Kier alpha value is -1.52. The van der Waals surface area contributed by atoms with Crippen molar-refractivity contribution in [2.45, 2.75) is 9.48 Å². The van der Waals surface area contributed by atoms with Crippen molar-refractivity contribution in [2.75, 3.05) is 50.0 Å². The van der Waals surface area contributed by atoms with Gasteiger partial charge in [0.15, 0.2) is 0 Å². The van der Waals surface area contributed by atoms with Crippen molar-refractivity contribution in [2.24, 2.45) is 0 Å². The molecule has 2 aliphatic heterocycles. The molecule has 0 bridgehead atoms. The minimum Gasteiger partial charge on any atom is -0.322 e. The summed E-state index contributed by atoms with van der Waals surface area (Å²) in [4.78, 5) is 15.1.